The van der Waals surface area contributed by atoms with E-state index >= 15 is 0 Å². The molecular weight excluding hydrogens is 252 g/mol. The highest BCUT2D eigenvalue weighted by Crippen LogP contribution is 2.44. The van der Waals surface area contributed by atoms with Crippen LogP contribution < -0.4 is 16.0 Å². The summed E-state index contributed by atoms with van der Waals surface area (Å²) in [5.74, 6) is 7.19. The Morgan fingerprint density at radius 2 is 2.20 bits per heavy atom. The van der Waals surface area contributed by atoms with E-state index in [0.717, 1.165) is 18.6 Å². The lowest BCUT2D eigenvalue weighted by Crippen LogP contribution is -2.37. The Balaban J connectivity index is 1.79. The van der Waals surface area contributed by atoms with Crippen LogP contribution in [0.3, 0.4) is 0 Å². The summed E-state index contributed by atoms with van der Waals surface area (Å²) in [6, 6.07) is 8.38. The van der Waals surface area contributed by atoms with E-state index in [2.05, 4.69) is 17.6 Å². The smallest absolute Gasteiger partial charge is 0.120 e. The van der Waals surface area contributed by atoms with Crippen LogP contribution in [0.25, 0.3) is 0 Å². The Morgan fingerprint density at radius 1 is 1.35 bits per heavy atom. The Kier molecular flexibility index (Phi) is 3.96. The average Bonchev–Trinajstić information content (AvgIpc) is 3.02. The number of hydrazine groups is 1. The van der Waals surface area contributed by atoms with E-state index in [1.54, 1.807) is 0 Å². The monoisotopic (exact) mass is 276 g/mol. The number of hydrogen-bond donors (Lipinski definition) is 2. The molecule has 4 unspecified atom stereocenters. The lowest BCUT2D eigenvalue weighted by atomic mass is 9.81. The van der Waals surface area contributed by atoms with Gasteiger partial charge in [0.25, 0.3) is 0 Å². The number of rotatable bonds is 5. The molecule has 0 radical (unpaired) electrons. The van der Waals surface area contributed by atoms with E-state index in [4.69, 9.17) is 15.3 Å². The molecule has 0 amide bonds. The van der Waals surface area contributed by atoms with Crippen molar-refractivity contribution in [3.8, 4) is 5.75 Å². The fraction of sp³-hybridized carbons (Fsp3) is 0.625. The summed E-state index contributed by atoms with van der Waals surface area (Å²) in [4.78, 5) is 0. The van der Waals surface area contributed by atoms with Gasteiger partial charge >= 0.3 is 0 Å². The number of ether oxygens (including phenoxy) is 2. The summed E-state index contributed by atoms with van der Waals surface area (Å²) in [5.41, 5.74) is 4.18. The van der Waals surface area contributed by atoms with Crippen molar-refractivity contribution in [2.75, 3.05) is 0 Å². The normalized spacial score (nSPS) is 29.9. The highest BCUT2D eigenvalue weighted by molar-refractivity contribution is 5.31. The topological polar surface area (TPSA) is 56.5 Å². The predicted molar refractivity (Wildman–Crippen MR) is 78.3 cm³/mol. The first-order valence-electron chi connectivity index (χ1n) is 7.55. The molecule has 4 nitrogen and oxygen atoms in total. The highest BCUT2D eigenvalue weighted by atomic mass is 16.5. The number of nitrogens with two attached hydrogens (primary N) is 1. The molecule has 0 saturated carbocycles. The van der Waals surface area contributed by atoms with Gasteiger partial charge in [0.1, 0.15) is 5.75 Å². The van der Waals surface area contributed by atoms with Crippen molar-refractivity contribution < 1.29 is 9.47 Å². The number of nitrogens with one attached hydrogen (secondary N) is 1. The van der Waals surface area contributed by atoms with Gasteiger partial charge in [-0.1, -0.05) is 12.1 Å². The van der Waals surface area contributed by atoms with Crippen LogP contribution in [0.4, 0.5) is 0 Å². The van der Waals surface area contributed by atoms with Crippen LogP contribution in [0.1, 0.15) is 44.7 Å². The first kappa shape index (κ1) is 13.9. The second-order valence-electron chi connectivity index (χ2n) is 6.16. The summed E-state index contributed by atoms with van der Waals surface area (Å²) in [6.07, 6.45) is 4.45. The molecule has 2 heterocycles. The van der Waals surface area contributed by atoms with Crippen LogP contribution in [-0.4, -0.2) is 18.3 Å². The fourth-order valence-corrected chi connectivity index (χ4v) is 3.55. The third-order valence-electron chi connectivity index (χ3n) is 4.35. The SMILES string of the molecule is CC(C)Oc1cccc(C(NN)C2CC3CCC2O3)c1. The Hall–Kier alpha value is -1.10. The molecule has 2 fully saturated rings. The highest BCUT2D eigenvalue weighted by Gasteiger charge is 2.44. The van der Waals surface area contributed by atoms with Gasteiger partial charge in [-0.3, -0.25) is 11.3 Å². The molecule has 0 spiro atoms. The average molecular weight is 276 g/mol. The Labute approximate surface area is 120 Å². The van der Waals surface area contributed by atoms with Crippen molar-refractivity contribution in [2.24, 2.45) is 11.8 Å². The Morgan fingerprint density at radius 3 is 2.80 bits per heavy atom. The number of hydrogen-bond acceptors (Lipinski definition) is 4. The standard InChI is InChI=1S/C16H24N2O2/c1-10(2)19-12-5-3-4-11(8-12)16(18-17)14-9-13-6-7-15(14)20-13/h3-5,8,10,13-16,18H,6-7,9,17H2,1-2H3. The number of fused-ring (bicyclic) bond motifs is 2. The molecule has 110 valence electrons. The quantitative estimate of drug-likeness (QED) is 0.641. The molecule has 0 aromatic heterocycles. The third-order valence-corrected chi connectivity index (χ3v) is 4.35. The third kappa shape index (κ3) is 2.68. The van der Waals surface area contributed by atoms with E-state index in [1.807, 2.05) is 26.0 Å². The van der Waals surface area contributed by atoms with Gasteiger partial charge in [-0.25, -0.2) is 0 Å². The van der Waals surface area contributed by atoms with Crippen LogP contribution in [0, 0.1) is 5.92 Å². The molecule has 20 heavy (non-hydrogen) atoms. The number of benzene rings is 1. The van der Waals surface area contributed by atoms with Gasteiger partial charge in [0.2, 0.25) is 0 Å². The van der Waals surface area contributed by atoms with Crippen LogP contribution in [0.5, 0.6) is 5.75 Å². The summed E-state index contributed by atoms with van der Waals surface area (Å²) >= 11 is 0. The van der Waals surface area contributed by atoms with E-state index in [1.165, 1.54) is 12.0 Å². The molecule has 2 aliphatic rings. The molecule has 3 N–H and O–H groups in total. The minimum atomic E-state index is 0.140. The van der Waals surface area contributed by atoms with Gasteiger partial charge in [0, 0.05) is 5.92 Å². The molecule has 1 aromatic carbocycles. The van der Waals surface area contributed by atoms with Gasteiger partial charge in [-0.05, 0) is 50.8 Å². The molecule has 0 aliphatic carbocycles. The van der Waals surface area contributed by atoms with Crippen molar-refractivity contribution in [1.29, 1.82) is 0 Å². The minimum absolute atomic E-state index is 0.140. The second-order valence-corrected chi connectivity index (χ2v) is 6.16. The summed E-state index contributed by atoms with van der Waals surface area (Å²) in [6.45, 7) is 4.07. The van der Waals surface area contributed by atoms with E-state index in [0.29, 0.717) is 18.1 Å². The summed E-state index contributed by atoms with van der Waals surface area (Å²) < 4.78 is 11.7. The van der Waals surface area contributed by atoms with Crippen LogP contribution in [-0.2, 0) is 4.74 Å². The molecule has 4 atom stereocenters. The van der Waals surface area contributed by atoms with Gasteiger partial charge in [-0.2, -0.15) is 0 Å². The van der Waals surface area contributed by atoms with Gasteiger partial charge < -0.3 is 9.47 Å². The molecule has 2 bridgehead atoms. The molecule has 3 rings (SSSR count). The van der Waals surface area contributed by atoms with E-state index < -0.39 is 0 Å². The predicted octanol–water partition coefficient (Wildman–Crippen LogP) is 2.55. The fourth-order valence-electron chi connectivity index (χ4n) is 3.55. The molecular formula is C16H24N2O2. The lowest BCUT2D eigenvalue weighted by Gasteiger charge is -2.28. The van der Waals surface area contributed by atoms with Crippen LogP contribution in [0.2, 0.25) is 0 Å². The molecule has 2 aliphatic heterocycles. The van der Waals surface area contributed by atoms with Gasteiger partial charge in [-0.15, -0.1) is 0 Å². The first-order chi connectivity index (χ1) is 9.67. The molecule has 4 heteroatoms. The van der Waals surface area contributed by atoms with Crippen LogP contribution in [0.15, 0.2) is 24.3 Å². The minimum Gasteiger partial charge on any atom is -0.491 e. The van der Waals surface area contributed by atoms with E-state index in [9.17, 15) is 0 Å². The molecule has 2 saturated heterocycles. The maximum absolute atomic E-state index is 5.96. The molecule has 1 aromatic rings. The van der Waals surface area contributed by atoms with Crippen molar-refractivity contribution in [3.05, 3.63) is 29.8 Å². The Bertz CT molecular complexity index is 464. The first-order valence-corrected chi connectivity index (χ1v) is 7.55. The van der Waals surface area contributed by atoms with Crippen molar-refractivity contribution >= 4 is 0 Å². The van der Waals surface area contributed by atoms with Crippen molar-refractivity contribution in [2.45, 2.75) is 57.5 Å². The van der Waals surface area contributed by atoms with E-state index in [-0.39, 0.29) is 12.1 Å². The summed E-state index contributed by atoms with van der Waals surface area (Å²) in [5, 5.41) is 0. The second kappa shape index (κ2) is 5.72. The maximum atomic E-state index is 5.96. The largest absolute Gasteiger partial charge is 0.491 e. The zero-order valence-corrected chi connectivity index (χ0v) is 12.2. The van der Waals surface area contributed by atoms with Crippen molar-refractivity contribution in [1.82, 2.24) is 5.43 Å². The maximum Gasteiger partial charge on any atom is 0.120 e. The zero-order chi connectivity index (χ0) is 14.1. The lowest BCUT2D eigenvalue weighted by molar-refractivity contribution is 0.0856. The van der Waals surface area contributed by atoms with Gasteiger partial charge in [0.05, 0.1) is 24.4 Å². The van der Waals surface area contributed by atoms with Crippen molar-refractivity contribution in [3.63, 3.8) is 0 Å². The zero-order valence-electron chi connectivity index (χ0n) is 12.2. The summed E-state index contributed by atoms with van der Waals surface area (Å²) in [7, 11) is 0. The van der Waals surface area contributed by atoms with Gasteiger partial charge in [0.15, 0.2) is 0 Å². The van der Waals surface area contributed by atoms with Crippen LogP contribution >= 0.6 is 0 Å².